The van der Waals surface area contributed by atoms with Crippen LogP contribution in [0.3, 0.4) is 0 Å². The standard InChI is InChI=1S/CH14O7Si6/c2-1(3-11-7-13-5-9)4-12-8-14-6-10/h11-14H2,9-10H3. The summed E-state index contributed by atoms with van der Waals surface area (Å²) in [6.07, 6.45) is -0.687. The van der Waals surface area contributed by atoms with Gasteiger partial charge < -0.3 is 25.3 Å². The molecular weight excluding hydrogens is 293 g/mol. The van der Waals surface area contributed by atoms with Crippen LogP contribution in [0.25, 0.3) is 0 Å². The zero-order valence-corrected chi connectivity index (χ0v) is 17.8. The smallest absolute Gasteiger partial charge is 0.470 e. The van der Waals surface area contributed by atoms with Crippen molar-refractivity contribution in [3.05, 3.63) is 0 Å². The third kappa shape index (κ3) is 10.5. The minimum Gasteiger partial charge on any atom is -0.470 e. The zero-order chi connectivity index (χ0) is 10.6. The summed E-state index contributed by atoms with van der Waals surface area (Å²) < 4.78 is 29.1. The van der Waals surface area contributed by atoms with Gasteiger partial charge in [0, 0.05) is 0 Å². The Bertz CT molecular complexity index is 128. The Morgan fingerprint density at radius 2 is 1.29 bits per heavy atom. The molecule has 0 spiro atoms. The lowest BCUT2D eigenvalue weighted by Gasteiger charge is -2.06. The van der Waals surface area contributed by atoms with Crippen molar-refractivity contribution in [3.8, 4) is 0 Å². The lowest BCUT2D eigenvalue weighted by atomic mass is 11.5. The molecule has 0 rings (SSSR count). The highest BCUT2D eigenvalue weighted by Crippen LogP contribution is 1.83. The van der Waals surface area contributed by atoms with Crippen LogP contribution in [0.1, 0.15) is 0 Å². The highest BCUT2D eigenvalue weighted by Gasteiger charge is 2.03. The molecular formula is CH14O7Si6. The third-order valence-corrected chi connectivity index (χ3v) is 6.18. The van der Waals surface area contributed by atoms with Crippen molar-refractivity contribution >= 4 is 67.2 Å². The molecule has 0 aromatic rings. The van der Waals surface area contributed by atoms with Gasteiger partial charge in [0.15, 0.2) is 0 Å². The van der Waals surface area contributed by atoms with Gasteiger partial charge >= 0.3 is 26.2 Å². The van der Waals surface area contributed by atoms with Crippen molar-refractivity contribution in [2.24, 2.45) is 0 Å². The Morgan fingerprint density at radius 1 is 0.857 bits per heavy atom. The molecule has 14 heavy (non-hydrogen) atoms. The summed E-state index contributed by atoms with van der Waals surface area (Å²) in [5, 5.41) is 0. The number of carbonyl (C=O) groups is 1. The van der Waals surface area contributed by atoms with Crippen LogP contribution in [-0.4, -0.2) is 67.2 Å². The van der Waals surface area contributed by atoms with E-state index in [0.717, 1.165) is 0 Å². The molecule has 0 aromatic heterocycles. The van der Waals surface area contributed by atoms with Crippen molar-refractivity contribution in [1.82, 2.24) is 0 Å². The first-order valence-corrected chi connectivity index (χ1v) is 9.99. The fraction of sp³-hybridized carbons (Fsp3) is 0. The maximum Gasteiger partial charge on any atom is 0.483 e. The summed E-state index contributed by atoms with van der Waals surface area (Å²) in [6, 6.07) is 0. The summed E-state index contributed by atoms with van der Waals surface area (Å²) in [6.45, 7) is 0. The Balaban J connectivity index is 3.11. The van der Waals surface area contributed by atoms with Crippen LogP contribution in [0.4, 0.5) is 4.79 Å². The Labute approximate surface area is 97.5 Å². The molecule has 0 unspecified atom stereocenters. The van der Waals surface area contributed by atoms with Gasteiger partial charge in [-0.05, 0) is 0 Å². The van der Waals surface area contributed by atoms with Crippen molar-refractivity contribution in [2.75, 3.05) is 0 Å². The first kappa shape index (κ1) is 14.4. The van der Waals surface area contributed by atoms with E-state index in [1.54, 1.807) is 0 Å². The first-order chi connectivity index (χ1) is 6.81. The van der Waals surface area contributed by atoms with Crippen LogP contribution < -0.4 is 0 Å². The lowest BCUT2D eigenvalue weighted by molar-refractivity contribution is 0.144. The molecule has 0 amide bonds. The zero-order valence-electron chi connectivity index (χ0n) is 8.19. The van der Waals surface area contributed by atoms with Gasteiger partial charge in [-0.15, -0.1) is 0 Å². The number of hydrogen-bond acceptors (Lipinski definition) is 7. The van der Waals surface area contributed by atoms with E-state index in [2.05, 4.69) is 8.85 Å². The van der Waals surface area contributed by atoms with Crippen LogP contribution >= 0.6 is 0 Å². The van der Waals surface area contributed by atoms with Gasteiger partial charge in [0.25, 0.3) is 20.0 Å². The van der Waals surface area contributed by atoms with E-state index in [9.17, 15) is 4.79 Å². The van der Waals surface area contributed by atoms with E-state index in [0.29, 0.717) is 21.0 Å². The second-order valence-electron chi connectivity index (χ2n) is 2.00. The maximum absolute atomic E-state index is 10.8. The monoisotopic (exact) mass is 306 g/mol. The van der Waals surface area contributed by atoms with Gasteiger partial charge in [-0.3, -0.25) is 0 Å². The minimum absolute atomic E-state index is 0.673. The van der Waals surface area contributed by atoms with Crippen molar-refractivity contribution in [1.29, 1.82) is 0 Å². The largest absolute Gasteiger partial charge is 0.483 e. The molecule has 0 aliphatic carbocycles. The van der Waals surface area contributed by atoms with Gasteiger partial charge in [0.05, 0.1) is 0 Å². The molecule has 7 nitrogen and oxygen atoms in total. The van der Waals surface area contributed by atoms with Crippen molar-refractivity contribution < 1.29 is 30.1 Å². The summed E-state index contributed by atoms with van der Waals surface area (Å²) in [5.74, 6) is 0. The fourth-order valence-electron chi connectivity index (χ4n) is 0.456. The van der Waals surface area contributed by atoms with E-state index in [4.69, 9.17) is 16.5 Å². The summed E-state index contributed by atoms with van der Waals surface area (Å²) in [5.41, 5.74) is 0. The molecule has 0 aliphatic rings. The van der Waals surface area contributed by atoms with Gasteiger partial charge in [-0.1, -0.05) is 0 Å². The van der Waals surface area contributed by atoms with Gasteiger partial charge in [0.1, 0.15) is 21.0 Å². The maximum atomic E-state index is 10.8. The predicted molar refractivity (Wildman–Crippen MR) is 66.0 cm³/mol. The van der Waals surface area contributed by atoms with Crippen molar-refractivity contribution in [3.63, 3.8) is 0 Å². The molecule has 0 aromatic carbocycles. The molecule has 0 aliphatic heterocycles. The molecule has 0 fully saturated rings. The second kappa shape index (κ2) is 11.5. The summed E-state index contributed by atoms with van der Waals surface area (Å²) in [7, 11) is -2.92. The molecule has 0 saturated heterocycles. The van der Waals surface area contributed by atoms with Gasteiger partial charge in [-0.2, -0.15) is 0 Å². The summed E-state index contributed by atoms with van der Waals surface area (Å²) in [4.78, 5) is 10.8. The third-order valence-electron chi connectivity index (χ3n) is 0.923. The molecule has 0 N–H and O–H groups in total. The Hall–Kier alpha value is 0.411. The number of hydrogen-bond donors (Lipinski definition) is 0. The Kier molecular flexibility index (Phi) is 11.8. The predicted octanol–water partition coefficient (Wildman–Crippen LogP) is -6.24. The lowest BCUT2D eigenvalue weighted by Crippen LogP contribution is -2.19. The van der Waals surface area contributed by atoms with Crippen LogP contribution in [0.2, 0.25) is 0 Å². The highest BCUT2D eigenvalue weighted by atomic mass is 28.4. The Morgan fingerprint density at radius 3 is 1.64 bits per heavy atom. The SMILES string of the molecule is O=C(O[SiH2]O[SiH2]O[SiH3])O[SiH2]O[SiH2]O[SiH3]. The highest BCUT2D eigenvalue weighted by molar-refractivity contribution is 6.40. The molecule has 0 heterocycles. The molecule has 0 atom stereocenters. The fourth-order valence-corrected chi connectivity index (χ4v) is 6.53. The van der Waals surface area contributed by atoms with Crippen molar-refractivity contribution in [2.45, 2.75) is 0 Å². The van der Waals surface area contributed by atoms with Crippen LogP contribution in [0, 0.1) is 0 Å². The van der Waals surface area contributed by atoms with Gasteiger partial charge in [0.2, 0.25) is 0 Å². The average Bonchev–Trinajstić information content (AvgIpc) is 2.19. The van der Waals surface area contributed by atoms with E-state index >= 15 is 0 Å². The van der Waals surface area contributed by atoms with Crippen LogP contribution in [0.5, 0.6) is 0 Å². The molecule has 84 valence electrons. The molecule has 0 saturated carbocycles. The summed E-state index contributed by atoms with van der Waals surface area (Å²) >= 11 is 0. The average molecular weight is 307 g/mol. The van der Waals surface area contributed by atoms with Crippen LogP contribution in [-0.2, 0) is 25.3 Å². The topological polar surface area (TPSA) is 72.5 Å². The van der Waals surface area contributed by atoms with Crippen LogP contribution in [0.15, 0.2) is 0 Å². The molecule has 0 radical (unpaired) electrons. The molecule has 0 bridgehead atoms. The van der Waals surface area contributed by atoms with E-state index < -0.39 is 46.2 Å². The number of rotatable bonds is 8. The number of carbonyl (C=O) groups excluding carboxylic acids is 1. The van der Waals surface area contributed by atoms with E-state index in [-0.39, 0.29) is 0 Å². The second-order valence-corrected chi connectivity index (χ2v) is 11.4. The normalized spacial score (nSPS) is 13.7. The molecule has 13 heteroatoms. The minimum atomic E-state index is -1.25. The quantitative estimate of drug-likeness (QED) is 0.326. The first-order valence-electron chi connectivity index (χ1n) is 3.74. The van der Waals surface area contributed by atoms with E-state index in [1.807, 2.05) is 0 Å². The van der Waals surface area contributed by atoms with Gasteiger partial charge in [-0.25, -0.2) is 4.79 Å². The van der Waals surface area contributed by atoms with E-state index in [1.165, 1.54) is 0 Å².